The number of anilines is 1. The number of benzene rings is 1. The molecule has 0 aliphatic rings. The highest BCUT2D eigenvalue weighted by Crippen LogP contribution is 2.16. The van der Waals surface area contributed by atoms with Gasteiger partial charge in [0.05, 0.1) is 0 Å². The Bertz CT molecular complexity index is 625. The molecular formula is C16H19N3O. The number of H-pyrrole nitrogens is 1. The summed E-state index contributed by atoms with van der Waals surface area (Å²) < 4.78 is 0. The van der Waals surface area contributed by atoms with E-state index in [1.54, 1.807) is 6.07 Å². The Morgan fingerprint density at radius 3 is 2.40 bits per heavy atom. The van der Waals surface area contributed by atoms with E-state index in [0.29, 0.717) is 0 Å². The van der Waals surface area contributed by atoms with Crippen LogP contribution in [0.2, 0.25) is 0 Å². The molecule has 0 radical (unpaired) electrons. The summed E-state index contributed by atoms with van der Waals surface area (Å²) in [4.78, 5) is 19.6. The van der Waals surface area contributed by atoms with Crippen LogP contribution in [-0.2, 0) is 0 Å². The molecule has 0 bridgehead atoms. The second kappa shape index (κ2) is 6.70. The van der Waals surface area contributed by atoms with Gasteiger partial charge >= 0.3 is 5.69 Å². The normalized spacial score (nSPS) is 10.9. The van der Waals surface area contributed by atoms with Gasteiger partial charge in [-0.05, 0) is 43.7 Å². The Balaban J connectivity index is 2.13. The van der Waals surface area contributed by atoms with Crippen molar-refractivity contribution in [2.75, 3.05) is 18.0 Å². The summed E-state index contributed by atoms with van der Waals surface area (Å²) in [6, 6.07) is 10.1. The summed E-state index contributed by atoms with van der Waals surface area (Å²) in [6.07, 6.45) is 5.34. The fourth-order valence-corrected chi connectivity index (χ4v) is 2.05. The van der Waals surface area contributed by atoms with E-state index in [0.717, 1.165) is 24.3 Å². The van der Waals surface area contributed by atoms with Gasteiger partial charge < -0.3 is 9.88 Å². The molecule has 0 saturated heterocycles. The van der Waals surface area contributed by atoms with Gasteiger partial charge in [0.15, 0.2) is 0 Å². The van der Waals surface area contributed by atoms with Gasteiger partial charge in [-0.25, -0.2) is 9.78 Å². The Morgan fingerprint density at radius 1 is 1.10 bits per heavy atom. The zero-order valence-corrected chi connectivity index (χ0v) is 11.8. The van der Waals surface area contributed by atoms with E-state index in [9.17, 15) is 4.79 Å². The van der Waals surface area contributed by atoms with Crippen molar-refractivity contribution in [2.24, 2.45) is 0 Å². The average molecular weight is 269 g/mol. The second-order valence-electron chi connectivity index (χ2n) is 4.43. The highest BCUT2D eigenvalue weighted by Gasteiger charge is 2.00. The summed E-state index contributed by atoms with van der Waals surface area (Å²) in [7, 11) is 0. The predicted molar refractivity (Wildman–Crippen MR) is 83.8 cm³/mol. The third kappa shape index (κ3) is 3.57. The molecule has 0 aliphatic heterocycles. The smallest absolute Gasteiger partial charge is 0.345 e. The molecule has 0 aliphatic carbocycles. The molecule has 1 heterocycles. The molecule has 4 heteroatoms. The Hall–Kier alpha value is -2.36. The van der Waals surface area contributed by atoms with Crippen molar-refractivity contribution in [2.45, 2.75) is 13.8 Å². The highest BCUT2D eigenvalue weighted by molar-refractivity contribution is 5.68. The van der Waals surface area contributed by atoms with Gasteiger partial charge in [-0.1, -0.05) is 18.2 Å². The lowest BCUT2D eigenvalue weighted by atomic mass is 10.1. The molecular weight excluding hydrogens is 250 g/mol. The number of aromatic amines is 1. The summed E-state index contributed by atoms with van der Waals surface area (Å²) >= 11 is 0. The first-order valence-electron chi connectivity index (χ1n) is 6.81. The van der Waals surface area contributed by atoms with Crippen LogP contribution in [0, 0.1) is 0 Å². The zero-order chi connectivity index (χ0) is 14.4. The van der Waals surface area contributed by atoms with Gasteiger partial charge in [-0.15, -0.1) is 0 Å². The molecule has 0 spiro atoms. The van der Waals surface area contributed by atoms with Crippen LogP contribution < -0.4 is 10.6 Å². The fourth-order valence-electron chi connectivity index (χ4n) is 2.05. The van der Waals surface area contributed by atoms with Crippen LogP contribution in [-0.4, -0.2) is 23.1 Å². The van der Waals surface area contributed by atoms with Crippen LogP contribution in [0.4, 0.5) is 5.69 Å². The quantitative estimate of drug-likeness (QED) is 0.908. The lowest BCUT2D eigenvalue weighted by molar-refractivity contribution is 0.866. The first-order valence-corrected chi connectivity index (χ1v) is 6.81. The number of rotatable bonds is 5. The number of nitrogens with one attached hydrogen (secondary N) is 1. The van der Waals surface area contributed by atoms with Crippen LogP contribution in [0.25, 0.3) is 12.2 Å². The largest absolute Gasteiger partial charge is 0.372 e. The third-order valence-corrected chi connectivity index (χ3v) is 3.17. The molecule has 2 aromatic rings. The third-order valence-electron chi connectivity index (χ3n) is 3.17. The van der Waals surface area contributed by atoms with E-state index >= 15 is 0 Å². The number of hydrogen-bond acceptors (Lipinski definition) is 3. The van der Waals surface area contributed by atoms with Gasteiger partial charge in [0.2, 0.25) is 0 Å². The Morgan fingerprint density at radius 2 is 1.80 bits per heavy atom. The zero-order valence-electron chi connectivity index (χ0n) is 11.8. The molecule has 1 aromatic carbocycles. The molecule has 0 atom stereocenters. The maximum Gasteiger partial charge on any atom is 0.345 e. The van der Waals surface area contributed by atoms with Crippen molar-refractivity contribution >= 4 is 17.8 Å². The molecule has 4 nitrogen and oxygen atoms in total. The first kappa shape index (κ1) is 14.1. The number of aromatic nitrogens is 2. The van der Waals surface area contributed by atoms with Gasteiger partial charge in [-0.3, -0.25) is 0 Å². The number of hydrogen-bond donors (Lipinski definition) is 1. The van der Waals surface area contributed by atoms with E-state index in [2.05, 4.69) is 53.0 Å². The average Bonchev–Trinajstić information content (AvgIpc) is 2.48. The minimum Gasteiger partial charge on any atom is -0.372 e. The molecule has 20 heavy (non-hydrogen) atoms. The lowest BCUT2D eigenvalue weighted by Gasteiger charge is -2.20. The van der Waals surface area contributed by atoms with Crippen LogP contribution in [0.3, 0.4) is 0 Å². The highest BCUT2D eigenvalue weighted by atomic mass is 16.1. The molecule has 1 N–H and O–H groups in total. The molecule has 0 amide bonds. The van der Waals surface area contributed by atoms with Gasteiger partial charge in [0, 0.05) is 30.7 Å². The maximum absolute atomic E-state index is 11.1. The lowest BCUT2D eigenvalue weighted by Crippen LogP contribution is -2.21. The van der Waals surface area contributed by atoms with Crippen LogP contribution in [0.15, 0.2) is 41.3 Å². The summed E-state index contributed by atoms with van der Waals surface area (Å²) in [5.74, 6) is 0. The topological polar surface area (TPSA) is 49.0 Å². The van der Waals surface area contributed by atoms with Crippen molar-refractivity contribution in [3.63, 3.8) is 0 Å². The van der Waals surface area contributed by atoms with Crippen molar-refractivity contribution in [3.05, 3.63) is 58.3 Å². The van der Waals surface area contributed by atoms with Crippen molar-refractivity contribution in [1.82, 2.24) is 9.97 Å². The van der Waals surface area contributed by atoms with E-state index in [-0.39, 0.29) is 5.69 Å². The molecule has 0 saturated carbocycles. The van der Waals surface area contributed by atoms with Crippen LogP contribution in [0.1, 0.15) is 25.1 Å². The molecule has 0 unspecified atom stereocenters. The van der Waals surface area contributed by atoms with Gasteiger partial charge in [0.25, 0.3) is 0 Å². The Labute approximate surface area is 118 Å². The van der Waals surface area contributed by atoms with Crippen LogP contribution in [0.5, 0.6) is 0 Å². The molecule has 0 fully saturated rings. The fraction of sp³-hybridized carbons (Fsp3) is 0.250. The minimum atomic E-state index is -0.330. The SMILES string of the molecule is CCN(CC)c1ccc(/C=C/c2ccnc(=O)[nH]2)cc1. The minimum absolute atomic E-state index is 0.330. The molecule has 1 aromatic heterocycles. The predicted octanol–water partition coefficient (Wildman–Crippen LogP) is 2.79. The van der Waals surface area contributed by atoms with E-state index < -0.39 is 0 Å². The number of nitrogens with zero attached hydrogens (tertiary/aromatic N) is 2. The van der Waals surface area contributed by atoms with E-state index in [1.807, 2.05) is 12.2 Å². The summed E-state index contributed by atoms with van der Waals surface area (Å²) in [5, 5.41) is 0. The molecule has 2 rings (SSSR count). The van der Waals surface area contributed by atoms with Crippen molar-refractivity contribution < 1.29 is 0 Å². The maximum atomic E-state index is 11.1. The van der Waals surface area contributed by atoms with Gasteiger partial charge in [-0.2, -0.15) is 0 Å². The first-order chi connectivity index (χ1) is 9.72. The van der Waals surface area contributed by atoms with Crippen molar-refractivity contribution in [1.29, 1.82) is 0 Å². The Kier molecular flexibility index (Phi) is 4.71. The summed E-state index contributed by atoms with van der Waals surface area (Å²) in [6.45, 7) is 6.31. The second-order valence-corrected chi connectivity index (χ2v) is 4.43. The van der Waals surface area contributed by atoms with E-state index in [4.69, 9.17) is 0 Å². The monoisotopic (exact) mass is 269 g/mol. The van der Waals surface area contributed by atoms with Gasteiger partial charge in [0.1, 0.15) is 0 Å². The molecule has 104 valence electrons. The van der Waals surface area contributed by atoms with E-state index in [1.165, 1.54) is 11.9 Å². The van der Waals surface area contributed by atoms with Crippen LogP contribution >= 0.6 is 0 Å². The van der Waals surface area contributed by atoms with Crippen molar-refractivity contribution in [3.8, 4) is 0 Å². The standard InChI is InChI=1S/C16H19N3O/c1-3-19(4-2)15-9-6-13(7-10-15)5-8-14-11-12-17-16(20)18-14/h5-12H,3-4H2,1-2H3,(H,17,18,20)/b8-5+. The summed E-state index contributed by atoms with van der Waals surface area (Å²) in [5.41, 5.74) is 2.74.